The number of thioether (sulfide) groups is 3. The zero-order valence-electron chi connectivity index (χ0n) is 23.1. The van der Waals surface area contributed by atoms with Crippen LogP contribution in [-0.4, -0.2) is 101 Å². The number of hydrogen-bond acceptors (Lipinski definition) is 19. The molecule has 0 aromatic carbocycles. The van der Waals surface area contributed by atoms with Crippen LogP contribution in [0.3, 0.4) is 0 Å². The van der Waals surface area contributed by atoms with E-state index in [9.17, 15) is 0 Å². The summed E-state index contributed by atoms with van der Waals surface area (Å²) >= 11 is 4.70. The average Bonchev–Trinajstić information content (AvgIpc) is 2.95. The van der Waals surface area contributed by atoms with E-state index >= 15 is 0 Å². The maximum Gasteiger partial charge on any atom is 0.228 e. The summed E-state index contributed by atoms with van der Waals surface area (Å²) in [5.41, 5.74) is 21.5. The van der Waals surface area contributed by atoms with Crippen LogP contribution in [0.2, 0.25) is 0 Å². The molecule has 0 atom stereocenters. The van der Waals surface area contributed by atoms with Gasteiger partial charge in [-0.3, -0.25) is 0 Å². The maximum absolute atomic E-state index is 5.51. The Kier molecular flexibility index (Phi) is 20.2. The topological polar surface area (TPSA) is 256 Å². The highest BCUT2D eigenvalue weighted by Crippen LogP contribution is 2.14. The summed E-state index contributed by atoms with van der Waals surface area (Å²) < 4.78 is 0. The van der Waals surface area contributed by atoms with Crippen molar-refractivity contribution in [1.29, 1.82) is 0 Å². The van der Waals surface area contributed by atoms with E-state index in [-0.39, 0.29) is 5.95 Å². The van der Waals surface area contributed by atoms with Crippen molar-refractivity contribution in [3.05, 3.63) is 12.7 Å². The lowest BCUT2D eigenvalue weighted by Crippen LogP contribution is -2.16. The predicted molar refractivity (Wildman–Crippen MR) is 166 cm³/mol. The minimum absolute atomic E-state index is 0.232. The van der Waals surface area contributed by atoms with Gasteiger partial charge >= 0.3 is 0 Å². The molecule has 0 saturated carbocycles. The molecule has 222 valence electrons. The molecule has 0 aliphatic heterocycles. The maximum atomic E-state index is 5.51. The molecule has 0 aliphatic carbocycles. The molecule has 3 aromatic heterocycles. The number of nitrogens with two attached hydrogens (primary N) is 4. The number of nitrogens with zero attached hydrogens (tertiary/aromatic N) is 9. The lowest BCUT2D eigenvalue weighted by atomic mass is 10.6. The molecule has 3 heterocycles. The largest absolute Gasteiger partial charge is 0.368 e. The lowest BCUT2D eigenvalue weighted by Gasteiger charge is -2.04. The fourth-order valence-electron chi connectivity index (χ4n) is 2.33. The molecule has 19 heteroatoms. The van der Waals surface area contributed by atoms with Crippen molar-refractivity contribution < 1.29 is 0 Å². The van der Waals surface area contributed by atoms with Gasteiger partial charge in [0, 0.05) is 39.3 Å². The quantitative estimate of drug-likeness (QED) is 0.116. The van der Waals surface area contributed by atoms with Gasteiger partial charge in [0.15, 0.2) is 15.5 Å². The van der Waals surface area contributed by atoms with Gasteiger partial charge in [-0.05, 0) is 17.3 Å². The van der Waals surface area contributed by atoms with Crippen molar-refractivity contribution in [1.82, 2.24) is 44.9 Å². The highest BCUT2D eigenvalue weighted by molar-refractivity contribution is 7.99. The zero-order chi connectivity index (χ0) is 29.4. The Labute approximate surface area is 247 Å². The Hall–Kier alpha value is -2.84. The number of aromatic nitrogens is 9. The summed E-state index contributed by atoms with van der Waals surface area (Å²) in [7, 11) is 0. The monoisotopic (exact) mass is 612 g/mol. The van der Waals surface area contributed by atoms with Crippen molar-refractivity contribution in [3.8, 4) is 0 Å². The third-order valence-corrected chi connectivity index (χ3v) is 6.05. The molecule has 0 amide bonds. The number of anilines is 4. The highest BCUT2D eigenvalue weighted by Gasteiger charge is 2.03. The van der Waals surface area contributed by atoms with Gasteiger partial charge in [-0.2, -0.15) is 24.9 Å². The second-order valence-corrected chi connectivity index (χ2v) is 10.6. The summed E-state index contributed by atoms with van der Waals surface area (Å²) in [5.74, 6) is 4.72. The van der Waals surface area contributed by atoms with E-state index in [0.29, 0.717) is 62.3 Å². The Bertz CT molecular complexity index is 1010. The molecular formula is C21H40N16S3. The summed E-state index contributed by atoms with van der Waals surface area (Å²) in [5, 5.41) is 11.1. The van der Waals surface area contributed by atoms with Crippen molar-refractivity contribution in [2.24, 2.45) is 17.2 Å². The molecule has 0 bridgehead atoms. The Morgan fingerprint density at radius 3 is 1.38 bits per heavy atom. The van der Waals surface area contributed by atoms with Crippen LogP contribution in [0.15, 0.2) is 28.1 Å². The van der Waals surface area contributed by atoms with Crippen LogP contribution in [0.25, 0.3) is 0 Å². The van der Waals surface area contributed by atoms with Gasteiger partial charge in [-0.25, -0.2) is 19.9 Å². The molecular weight excluding hydrogens is 573 g/mol. The molecule has 16 nitrogen and oxygen atoms in total. The Morgan fingerprint density at radius 1 is 0.550 bits per heavy atom. The molecule has 3 aromatic rings. The van der Waals surface area contributed by atoms with Crippen molar-refractivity contribution in [3.63, 3.8) is 0 Å². The van der Waals surface area contributed by atoms with Crippen LogP contribution in [0.1, 0.15) is 20.8 Å². The number of nitrogens with one attached hydrogen (secondary N) is 3. The van der Waals surface area contributed by atoms with E-state index in [0.717, 1.165) is 27.6 Å². The first kappa shape index (κ1) is 35.2. The van der Waals surface area contributed by atoms with Crippen LogP contribution in [0, 0.1) is 0 Å². The fraction of sp³-hybridized carbons (Fsp3) is 0.571. The second kappa shape index (κ2) is 22.9. The van der Waals surface area contributed by atoms with E-state index < -0.39 is 0 Å². The Balaban J connectivity index is 0.000000300. The smallest absolute Gasteiger partial charge is 0.228 e. The highest BCUT2D eigenvalue weighted by atomic mass is 32.2. The van der Waals surface area contributed by atoms with E-state index in [1.807, 2.05) is 6.92 Å². The zero-order valence-corrected chi connectivity index (χ0v) is 25.5. The van der Waals surface area contributed by atoms with E-state index in [2.05, 4.69) is 74.7 Å². The standard InChI is InChI=1S/C7H14N6S.2C7H13N5S/c1-2-14-7-12-5(9)11-6(13-7)10-4-3-8;2*1-2-13-7-11-5-10-6(12-7)9-4-3-8/h2-4,8H2,1H3,(H3,9,10,11,12,13);2*5H,2-4,8H2,1H3,(H,9,10,11,12). The van der Waals surface area contributed by atoms with Gasteiger partial charge in [0.25, 0.3) is 0 Å². The van der Waals surface area contributed by atoms with Gasteiger partial charge in [0.05, 0.1) is 0 Å². The van der Waals surface area contributed by atoms with Crippen molar-refractivity contribution >= 4 is 59.1 Å². The lowest BCUT2D eigenvalue weighted by molar-refractivity contribution is 0.886. The van der Waals surface area contributed by atoms with Gasteiger partial charge in [-0.1, -0.05) is 56.1 Å². The first-order valence-corrected chi connectivity index (χ1v) is 15.5. The summed E-state index contributed by atoms with van der Waals surface area (Å²) in [6.45, 7) is 9.80. The van der Waals surface area contributed by atoms with Crippen LogP contribution >= 0.6 is 35.3 Å². The SMILES string of the molecule is CCSc1nc(N)nc(NCCN)n1.CCSc1ncnc(NCCN)n1.CCSc1ncnc(NCCN)n1. The first-order valence-electron chi connectivity index (χ1n) is 12.6. The summed E-state index contributed by atoms with van der Waals surface area (Å²) in [6.07, 6.45) is 3.01. The number of hydrogen-bond donors (Lipinski definition) is 7. The molecule has 0 fully saturated rings. The van der Waals surface area contributed by atoms with Gasteiger partial charge in [-0.15, -0.1) is 0 Å². The molecule has 0 spiro atoms. The molecule has 0 radical (unpaired) electrons. The molecule has 0 unspecified atom stereocenters. The minimum atomic E-state index is 0.232. The summed E-state index contributed by atoms with van der Waals surface area (Å²) in [6, 6.07) is 0. The third kappa shape index (κ3) is 16.3. The molecule has 0 aliphatic rings. The third-order valence-electron chi connectivity index (χ3n) is 3.83. The van der Waals surface area contributed by atoms with Crippen molar-refractivity contribution in [2.45, 2.75) is 36.2 Å². The Morgan fingerprint density at radius 2 is 0.950 bits per heavy atom. The van der Waals surface area contributed by atoms with Gasteiger partial charge in [0.1, 0.15) is 12.7 Å². The molecule has 3 rings (SSSR count). The first-order chi connectivity index (χ1) is 19.5. The van der Waals surface area contributed by atoms with Crippen LogP contribution in [-0.2, 0) is 0 Å². The second-order valence-electron chi connectivity index (χ2n) is 6.93. The van der Waals surface area contributed by atoms with Gasteiger partial charge in [0.2, 0.25) is 23.8 Å². The minimum Gasteiger partial charge on any atom is -0.368 e. The molecule has 11 N–H and O–H groups in total. The van der Waals surface area contributed by atoms with Crippen molar-refractivity contribution in [2.75, 3.05) is 78.2 Å². The van der Waals surface area contributed by atoms with Gasteiger partial charge < -0.3 is 38.9 Å². The number of nitrogen functional groups attached to an aromatic ring is 1. The summed E-state index contributed by atoms with van der Waals surface area (Å²) in [4.78, 5) is 36.3. The van der Waals surface area contributed by atoms with E-state index in [1.54, 1.807) is 23.5 Å². The fourth-order valence-corrected chi connectivity index (χ4v) is 3.96. The van der Waals surface area contributed by atoms with Crippen LogP contribution in [0.5, 0.6) is 0 Å². The number of rotatable bonds is 15. The van der Waals surface area contributed by atoms with E-state index in [4.69, 9.17) is 22.9 Å². The average molecular weight is 613 g/mol. The molecule has 40 heavy (non-hydrogen) atoms. The molecule has 0 saturated heterocycles. The normalized spacial score (nSPS) is 10.1. The van der Waals surface area contributed by atoms with E-state index in [1.165, 1.54) is 24.4 Å². The van der Waals surface area contributed by atoms with Crippen LogP contribution < -0.4 is 38.9 Å². The predicted octanol–water partition coefficient (Wildman–Crippen LogP) is 0.645. The van der Waals surface area contributed by atoms with Crippen LogP contribution in [0.4, 0.5) is 23.8 Å².